The third-order valence-corrected chi connectivity index (χ3v) is 8.35. The molecule has 0 unspecified atom stereocenters. The van der Waals surface area contributed by atoms with Crippen LogP contribution in [0.5, 0.6) is 0 Å². The summed E-state index contributed by atoms with van der Waals surface area (Å²) in [5.74, 6) is -0.383. The van der Waals surface area contributed by atoms with Crippen LogP contribution in [0.15, 0.2) is 47.4 Å². The highest BCUT2D eigenvalue weighted by molar-refractivity contribution is 7.89. The molecule has 0 saturated heterocycles. The van der Waals surface area contributed by atoms with Crippen molar-refractivity contribution in [2.45, 2.75) is 43.0 Å². The number of aromatic amines is 1. The Balaban J connectivity index is 1.51. The van der Waals surface area contributed by atoms with E-state index in [2.05, 4.69) is 9.71 Å². The van der Waals surface area contributed by atoms with Crippen molar-refractivity contribution >= 4 is 38.5 Å². The average Bonchev–Trinajstić information content (AvgIpc) is 3.18. The molecule has 2 N–H and O–H groups in total. The Labute approximate surface area is 204 Å². The number of aromatic nitrogens is 1. The van der Waals surface area contributed by atoms with Crippen LogP contribution >= 0.6 is 11.6 Å². The Morgan fingerprint density at radius 2 is 1.79 bits per heavy atom. The van der Waals surface area contributed by atoms with E-state index in [1.807, 2.05) is 24.3 Å². The van der Waals surface area contributed by atoms with Crippen LogP contribution in [0.2, 0.25) is 5.02 Å². The lowest BCUT2D eigenvalue weighted by molar-refractivity contribution is -0.146. The first-order valence-corrected chi connectivity index (χ1v) is 13.2. The fourth-order valence-corrected chi connectivity index (χ4v) is 6.12. The van der Waals surface area contributed by atoms with E-state index in [1.165, 1.54) is 7.11 Å². The SMILES string of the molecule is COCCc1ccc(-c2[nH]c3cc(S(=O)(=O)NC4CCC(C(=O)OC)CC4)ccc3c2Cl)cc1. The van der Waals surface area contributed by atoms with Gasteiger partial charge in [0.15, 0.2) is 0 Å². The van der Waals surface area contributed by atoms with Crippen molar-refractivity contribution < 1.29 is 22.7 Å². The Kier molecular flexibility index (Phi) is 7.62. The largest absolute Gasteiger partial charge is 0.469 e. The smallest absolute Gasteiger partial charge is 0.308 e. The summed E-state index contributed by atoms with van der Waals surface area (Å²) in [4.78, 5) is 15.2. The number of rotatable bonds is 8. The van der Waals surface area contributed by atoms with Gasteiger partial charge >= 0.3 is 5.97 Å². The summed E-state index contributed by atoms with van der Waals surface area (Å²) >= 11 is 6.63. The molecule has 9 heteroatoms. The van der Waals surface area contributed by atoms with Gasteiger partial charge in [0.25, 0.3) is 0 Å². The van der Waals surface area contributed by atoms with Crippen molar-refractivity contribution in [1.82, 2.24) is 9.71 Å². The number of nitrogens with one attached hydrogen (secondary N) is 2. The highest BCUT2D eigenvalue weighted by Crippen LogP contribution is 2.36. The Hall–Kier alpha value is -2.39. The molecular formula is C25H29ClN2O5S. The lowest BCUT2D eigenvalue weighted by Gasteiger charge is -2.27. The summed E-state index contributed by atoms with van der Waals surface area (Å²) in [6.45, 7) is 0.657. The molecule has 0 atom stereocenters. The van der Waals surface area contributed by atoms with Crippen LogP contribution in [-0.4, -0.2) is 46.2 Å². The van der Waals surface area contributed by atoms with Crippen LogP contribution in [-0.2, 0) is 30.7 Å². The number of esters is 1. The molecule has 1 fully saturated rings. The molecule has 4 rings (SSSR count). The van der Waals surface area contributed by atoms with E-state index in [-0.39, 0.29) is 22.8 Å². The summed E-state index contributed by atoms with van der Waals surface area (Å²) in [7, 11) is -0.661. The number of fused-ring (bicyclic) bond motifs is 1. The van der Waals surface area contributed by atoms with Crippen molar-refractivity contribution in [3.05, 3.63) is 53.1 Å². The molecular weight excluding hydrogens is 476 g/mol. The minimum absolute atomic E-state index is 0.157. The summed E-state index contributed by atoms with van der Waals surface area (Å²) in [6, 6.07) is 12.8. The minimum Gasteiger partial charge on any atom is -0.469 e. The van der Waals surface area contributed by atoms with Crippen molar-refractivity contribution in [2.75, 3.05) is 20.8 Å². The molecule has 182 valence electrons. The van der Waals surface area contributed by atoms with Gasteiger partial charge in [0.1, 0.15) is 0 Å². The molecule has 1 aromatic heterocycles. The van der Waals surface area contributed by atoms with Crippen LogP contribution < -0.4 is 4.72 Å². The molecule has 1 aliphatic rings. The molecule has 0 aliphatic heterocycles. The molecule has 1 saturated carbocycles. The third kappa shape index (κ3) is 5.30. The van der Waals surface area contributed by atoms with Gasteiger partial charge < -0.3 is 14.5 Å². The molecule has 1 heterocycles. The number of carbonyl (C=O) groups excluding carboxylic acids is 1. The fourth-order valence-electron chi connectivity index (χ4n) is 4.47. The number of ether oxygens (including phenoxy) is 2. The Morgan fingerprint density at radius 1 is 1.09 bits per heavy atom. The van der Waals surface area contributed by atoms with Crippen molar-refractivity contribution in [3.8, 4) is 11.3 Å². The predicted molar refractivity (Wildman–Crippen MR) is 132 cm³/mol. The van der Waals surface area contributed by atoms with E-state index in [4.69, 9.17) is 21.1 Å². The molecule has 2 aromatic carbocycles. The van der Waals surface area contributed by atoms with Crippen LogP contribution in [0.3, 0.4) is 0 Å². The lowest BCUT2D eigenvalue weighted by Crippen LogP contribution is -2.38. The zero-order valence-electron chi connectivity index (χ0n) is 19.3. The second-order valence-electron chi connectivity index (χ2n) is 8.65. The average molecular weight is 505 g/mol. The number of hydrogen-bond donors (Lipinski definition) is 2. The summed E-state index contributed by atoms with van der Waals surface area (Å²) in [6.07, 6.45) is 3.24. The summed E-state index contributed by atoms with van der Waals surface area (Å²) in [5.41, 5.74) is 3.49. The number of sulfonamides is 1. The van der Waals surface area contributed by atoms with Crippen LogP contribution in [0, 0.1) is 5.92 Å². The summed E-state index contributed by atoms with van der Waals surface area (Å²) in [5, 5.41) is 1.32. The molecule has 1 aliphatic carbocycles. The van der Waals surface area contributed by atoms with Crippen molar-refractivity contribution in [3.63, 3.8) is 0 Å². The quantitative estimate of drug-likeness (QED) is 0.434. The zero-order chi connectivity index (χ0) is 24.3. The van der Waals surface area contributed by atoms with Gasteiger partial charge in [-0.2, -0.15) is 0 Å². The maximum atomic E-state index is 13.0. The maximum Gasteiger partial charge on any atom is 0.308 e. The highest BCUT2D eigenvalue weighted by Gasteiger charge is 2.29. The Bertz CT molecular complexity index is 1260. The second kappa shape index (κ2) is 10.5. The first-order chi connectivity index (χ1) is 16.3. The van der Waals surface area contributed by atoms with Crippen LogP contribution in [0.25, 0.3) is 22.2 Å². The van der Waals surface area contributed by atoms with Gasteiger partial charge in [-0.05, 0) is 61.4 Å². The minimum atomic E-state index is -3.72. The van der Waals surface area contributed by atoms with E-state index in [9.17, 15) is 13.2 Å². The molecule has 0 bridgehead atoms. The molecule has 0 amide bonds. The van der Waals surface area contributed by atoms with E-state index in [0.717, 1.165) is 28.6 Å². The van der Waals surface area contributed by atoms with Crippen molar-refractivity contribution in [1.29, 1.82) is 0 Å². The van der Waals surface area contributed by atoms with Gasteiger partial charge in [0.2, 0.25) is 10.0 Å². The van der Waals surface area contributed by atoms with Gasteiger partial charge in [0, 0.05) is 24.1 Å². The Morgan fingerprint density at radius 3 is 2.44 bits per heavy atom. The first-order valence-electron chi connectivity index (χ1n) is 11.3. The monoisotopic (exact) mass is 504 g/mol. The lowest BCUT2D eigenvalue weighted by atomic mass is 9.86. The van der Waals surface area contributed by atoms with Crippen LogP contribution in [0.4, 0.5) is 0 Å². The van der Waals surface area contributed by atoms with Gasteiger partial charge in [0.05, 0.1) is 35.2 Å². The summed E-state index contributed by atoms with van der Waals surface area (Å²) < 4.78 is 38.8. The van der Waals surface area contributed by atoms with E-state index in [0.29, 0.717) is 42.8 Å². The number of halogens is 1. The molecule has 0 radical (unpaired) electrons. The van der Waals surface area contributed by atoms with Gasteiger partial charge in [-0.3, -0.25) is 4.79 Å². The second-order valence-corrected chi connectivity index (χ2v) is 10.7. The van der Waals surface area contributed by atoms with Gasteiger partial charge in [-0.1, -0.05) is 35.9 Å². The molecule has 7 nitrogen and oxygen atoms in total. The van der Waals surface area contributed by atoms with Gasteiger partial charge in [-0.25, -0.2) is 13.1 Å². The topological polar surface area (TPSA) is 97.5 Å². The number of benzene rings is 2. The van der Waals surface area contributed by atoms with Crippen LogP contribution in [0.1, 0.15) is 31.2 Å². The highest BCUT2D eigenvalue weighted by atomic mass is 35.5. The fraction of sp³-hybridized carbons (Fsp3) is 0.400. The number of carbonyl (C=O) groups is 1. The van der Waals surface area contributed by atoms with E-state index < -0.39 is 10.0 Å². The van der Waals surface area contributed by atoms with Crippen molar-refractivity contribution in [2.24, 2.45) is 5.92 Å². The molecule has 3 aromatic rings. The van der Waals surface area contributed by atoms with E-state index in [1.54, 1.807) is 25.3 Å². The zero-order valence-corrected chi connectivity index (χ0v) is 20.8. The standard InChI is InChI=1S/C25H29ClN2O5S/c1-32-14-13-16-3-5-17(6-4-16)24-23(26)21-12-11-20(15-22(21)27-24)34(30,31)28-19-9-7-18(8-10-19)25(29)33-2/h3-6,11-12,15,18-19,27-28H,7-10,13-14H2,1-2H3. The third-order valence-electron chi connectivity index (χ3n) is 6.44. The number of methoxy groups -OCH3 is 2. The number of H-pyrrole nitrogens is 1. The first kappa shape index (κ1) is 24.7. The molecule has 0 spiro atoms. The van der Waals surface area contributed by atoms with E-state index >= 15 is 0 Å². The normalized spacial score (nSPS) is 18.8. The van der Waals surface area contributed by atoms with Gasteiger partial charge in [-0.15, -0.1) is 0 Å². The molecule has 34 heavy (non-hydrogen) atoms. The number of hydrogen-bond acceptors (Lipinski definition) is 5. The maximum absolute atomic E-state index is 13.0. The predicted octanol–water partition coefficient (Wildman–Crippen LogP) is 4.69.